The molecular weight excluding hydrogens is 218 g/mol. The molecule has 4 nitrogen and oxygen atoms in total. The fourth-order valence-electron chi connectivity index (χ4n) is 2.61. The average molecular weight is 236 g/mol. The van der Waals surface area contributed by atoms with Gasteiger partial charge in [0.1, 0.15) is 0 Å². The Balaban J connectivity index is 0.00000112. The van der Waals surface area contributed by atoms with Gasteiger partial charge in [0.05, 0.1) is 5.92 Å². The van der Waals surface area contributed by atoms with Gasteiger partial charge in [-0.05, 0) is 31.2 Å². The molecule has 0 aromatic rings. The van der Waals surface area contributed by atoms with Crippen LogP contribution in [0.15, 0.2) is 0 Å². The van der Waals surface area contributed by atoms with Crippen LogP contribution in [0.5, 0.6) is 0 Å². The molecule has 0 aromatic heterocycles. The number of aliphatic carboxylic acids is 1. The van der Waals surface area contributed by atoms with Gasteiger partial charge < -0.3 is 15.2 Å². The van der Waals surface area contributed by atoms with Crippen molar-refractivity contribution >= 4 is 18.4 Å². The first-order chi connectivity index (χ1) is 6.79. The molecule has 0 aliphatic carbocycles. The van der Waals surface area contributed by atoms with Crippen LogP contribution in [0, 0.1) is 17.8 Å². The fourth-order valence-corrected chi connectivity index (χ4v) is 2.61. The summed E-state index contributed by atoms with van der Waals surface area (Å²) in [7, 11) is 0. The molecule has 2 N–H and O–H groups in total. The Morgan fingerprint density at radius 1 is 1.27 bits per heavy atom. The number of carbonyl (C=O) groups is 1. The van der Waals surface area contributed by atoms with Crippen molar-refractivity contribution < 1.29 is 14.6 Å². The number of rotatable bonds is 2. The molecule has 15 heavy (non-hydrogen) atoms. The highest BCUT2D eigenvalue weighted by Gasteiger charge is 2.38. The van der Waals surface area contributed by atoms with Crippen LogP contribution in [0.3, 0.4) is 0 Å². The maximum Gasteiger partial charge on any atom is 0.308 e. The van der Waals surface area contributed by atoms with Crippen molar-refractivity contribution in [3.8, 4) is 0 Å². The molecular formula is C10H18ClNO3. The molecule has 2 heterocycles. The van der Waals surface area contributed by atoms with Gasteiger partial charge in [0.15, 0.2) is 0 Å². The van der Waals surface area contributed by atoms with Crippen LogP contribution in [0.4, 0.5) is 0 Å². The predicted molar refractivity (Wildman–Crippen MR) is 58.3 cm³/mol. The number of halogens is 1. The molecule has 2 atom stereocenters. The van der Waals surface area contributed by atoms with Crippen molar-refractivity contribution in [2.75, 3.05) is 26.3 Å². The normalized spacial score (nSPS) is 32.3. The van der Waals surface area contributed by atoms with E-state index in [0.717, 1.165) is 32.6 Å². The molecule has 2 aliphatic heterocycles. The first kappa shape index (κ1) is 12.7. The van der Waals surface area contributed by atoms with E-state index in [1.165, 1.54) is 0 Å². The third kappa shape index (κ3) is 2.83. The molecule has 88 valence electrons. The molecule has 5 heteroatoms. The van der Waals surface area contributed by atoms with Crippen LogP contribution in [-0.4, -0.2) is 37.4 Å². The molecule has 2 fully saturated rings. The summed E-state index contributed by atoms with van der Waals surface area (Å²) < 4.78 is 5.29. The maximum absolute atomic E-state index is 11.0. The molecule has 0 amide bonds. The largest absolute Gasteiger partial charge is 0.481 e. The van der Waals surface area contributed by atoms with Crippen LogP contribution in [0.25, 0.3) is 0 Å². The van der Waals surface area contributed by atoms with E-state index in [1.807, 2.05) is 0 Å². The Morgan fingerprint density at radius 3 is 2.53 bits per heavy atom. The van der Waals surface area contributed by atoms with E-state index >= 15 is 0 Å². The standard InChI is InChI=1S/C10H17NO3.ClH/c12-10(13)9-6-11-5-8(9)7-1-3-14-4-2-7;/h7-9,11H,1-6H2,(H,12,13);1H. The zero-order valence-electron chi connectivity index (χ0n) is 8.65. The van der Waals surface area contributed by atoms with Gasteiger partial charge in [-0.1, -0.05) is 0 Å². The van der Waals surface area contributed by atoms with Crippen LogP contribution >= 0.6 is 12.4 Å². The minimum Gasteiger partial charge on any atom is -0.481 e. The van der Waals surface area contributed by atoms with E-state index in [4.69, 9.17) is 9.84 Å². The van der Waals surface area contributed by atoms with Crippen molar-refractivity contribution in [3.63, 3.8) is 0 Å². The van der Waals surface area contributed by atoms with Gasteiger partial charge in [-0.25, -0.2) is 0 Å². The van der Waals surface area contributed by atoms with E-state index in [1.54, 1.807) is 0 Å². The van der Waals surface area contributed by atoms with E-state index in [9.17, 15) is 4.79 Å². The van der Waals surface area contributed by atoms with E-state index in [2.05, 4.69) is 5.32 Å². The summed E-state index contributed by atoms with van der Waals surface area (Å²) in [6.07, 6.45) is 2.05. The summed E-state index contributed by atoms with van der Waals surface area (Å²) >= 11 is 0. The van der Waals surface area contributed by atoms with Crippen LogP contribution < -0.4 is 5.32 Å². The number of carboxylic acids is 1. The Bertz CT molecular complexity index is 219. The van der Waals surface area contributed by atoms with Gasteiger partial charge in [0.2, 0.25) is 0 Å². The molecule has 2 rings (SSSR count). The highest BCUT2D eigenvalue weighted by atomic mass is 35.5. The summed E-state index contributed by atoms with van der Waals surface area (Å²) in [5, 5.41) is 12.2. The fraction of sp³-hybridized carbons (Fsp3) is 0.900. The minimum absolute atomic E-state index is 0. The van der Waals surface area contributed by atoms with Gasteiger partial charge in [-0.2, -0.15) is 0 Å². The molecule has 0 aromatic carbocycles. The first-order valence-corrected chi connectivity index (χ1v) is 5.30. The lowest BCUT2D eigenvalue weighted by molar-refractivity contribution is -0.143. The minimum atomic E-state index is -0.647. The second-order valence-corrected chi connectivity index (χ2v) is 4.22. The monoisotopic (exact) mass is 235 g/mol. The van der Waals surface area contributed by atoms with Gasteiger partial charge in [-0.15, -0.1) is 12.4 Å². The quantitative estimate of drug-likeness (QED) is 0.742. The second-order valence-electron chi connectivity index (χ2n) is 4.22. The van der Waals surface area contributed by atoms with Gasteiger partial charge in [0, 0.05) is 19.8 Å². The Morgan fingerprint density at radius 2 is 1.93 bits per heavy atom. The van der Waals surface area contributed by atoms with Crippen molar-refractivity contribution in [3.05, 3.63) is 0 Å². The van der Waals surface area contributed by atoms with Gasteiger partial charge >= 0.3 is 5.97 Å². The number of ether oxygens (including phenoxy) is 1. The van der Waals surface area contributed by atoms with Crippen LogP contribution in [-0.2, 0) is 9.53 Å². The molecule has 2 saturated heterocycles. The lowest BCUT2D eigenvalue weighted by Gasteiger charge is -2.29. The van der Waals surface area contributed by atoms with Crippen LogP contribution in [0.2, 0.25) is 0 Å². The molecule has 0 radical (unpaired) electrons. The van der Waals surface area contributed by atoms with Crippen molar-refractivity contribution in [2.45, 2.75) is 12.8 Å². The van der Waals surface area contributed by atoms with Crippen molar-refractivity contribution in [1.82, 2.24) is 5.32 Å². The third-order valence-electron chi connectivity index (χ3n) is 3.45. The molecule has 0 saturated carbocycles. The van der Waals surface area contributed by atoms with Crippen molar-refractivity contribution in [2.24, 2.45) is 17.8 Å². The summed E-state index contributed by atoms with van der Waals surface area (Å²) in [6, 6.07) is 0. The first-order valence-electron chi connectivity index (χ1n) is 5.30. The summed E-state index contributed by atoms with van der Waals surface area (Å²) in [5.41, 5.74) is 0. The van der Waals surface area contributed by atoms with Crippen LogP contribution in [0.1, 0.15) is 12.8 Å². The SMILES string of the molecule is Cl.O=C(O)C1CNCC1C1CCOCC1. The summed E-state index contributed by atoms with van der Waals surface area (Å²) in [5.74, 6) is 0.0286. The predicted octanol–water partition coefficient (Wildman–Crippen LogP) is 0.755. The summed E-state index contributed by atoms with van der Waals surface area (Å²) in [4.78, 5) is 11.0. The lowest BCUT2D eigenvalue weighted by Crippen LogP contribution is -2.31. The van der Waals surface area contributed by atoms with E-state index in [0.29, 0.717) is 18.4 Å². The molecule has 0 spiro atoms. The molecule has 2 aliphatic rings. The molecule has 0 bridgehead atoms. The molecule has 2 unspecified atom stereocenters. The zero-order valence-corrected chi connectivity index (χ0v) is 9.46. The number of carboxylic acid groups (broad SMARTS) is 1. The number of hydrogen-bond acceptors (Lipinski definition) is 3. The topological polar surface area (TPSA) is 58.6 Å². The Hall–Kier alpha value is -0.320. The van der Waals surface area contributed by atoms with E-state index in [-0.39, 0.29) is 18.3 Å². The highest BCUT2D eigenvalue weighted by molar-refractivity contribution is 5.85. The van der Waals surface area contributed by atoms with Gasteiger partial charge in [0.25, 0.3) is 0 Å². The maximum atomic E-state index is 11.0. The Kier molecular flexibility index (Phi) is 4.83. The second kappa shape index (κ2) is 5.68. The number of nitrogens with one attached hydrogen (secondary N) is 1. The summed E-state index contributed by atoms with van der Waals surface area (Å²) in [6.45, 7) is 3.10. The number of hydrogen-bond donors (Lipinski definition) is 2. The Labute approximate surface area is 95.8 Å². The zero-order chi connectivity index (χ0) is 9.97. The van der Waals surface area contributed by atoms with E-state index < -0.39 is 5.97 Å². The van der Waals surface area contributed by atoms with Gasteiger partial charge in [-0.3, -0.25) is 4.79 Å². The lowest BCUT2D eigenvalue weighted by atomic mass is 9.80. The third-order valence-corrected chi connectivity index (χ3v) is 3.45. The van der Waals surface area contributed by atoms with Crippen molar-refractivity contribution in [1.29, 1.82) is 0 Å². The smallest absolute Gasteiger partial charge is 0.308 e. The average Bonchev–Trinajstić information content (AvgIpc) is 2.67. The highest BCUT2D eigenvalue weighted by Crippen LogP contribution is 2.31.